The van der Waals surface area contributed by atoms with Gasteiger partial charge in [-0.1, -0.05) is 18.2 Å². The van der Waals surface area contributed by atoms with Crippen LogP contribution in [0.3, 0.4) is 0 Å². The Bertz CT molecular complexity index is 877. The summed E-state index contributed by atoms with van der Waals surface area (Å²) in [6.45, 7) is 0. The molecular weight excluding hydrogens is 300 g/mol. The topological polar surface area (TPSA) is 94.9 Å². The van der Waals surface area contributed by atoms with Gasteiger partial charge in [0.05, 0.1) is 5.69 Å². The number of benzene rings is 1. The van der Waals surface area contributed by atoms with E-state index < -0.39 is 5.91 Å². The fourth-order valence-corrected chi connectivity index (χ4v) is 2.65. The van der Waals surface area contributed by atoms with Crippen molar-refractivity contribution >= 4 is 11.7 Å². The van der Waals surface area contributed by atoms with Gasteiger partial charge in [-0.15, -0.1) is 0 Å². The molecule has 5 heteroatoms. The number of rotatable bonds is 5. The van der Waals surface area contributed by atoms with Crippen LogP contribution in [0.5, 0.6) is 0 Å². The average Bonchev–Trinajstić information content (AvgIpc) is 2.60. The van der Waals surface area contributed by atoms with E-state index in [1.165, 1.54) is 0 Å². The van der Waals surface area contributed by atoms with Crippen molar-refractivity contribution in [3.63, 3.8) is 0 Å². The van der Waals surface area contributed by atoms with E-state index >= 15 is 0 Å². The number of carbonyl (C=O) groups excluding carboxylic acids is 1. The molecule has 5 nitrogen and oxygen atoms in total. The van der Waals surface area contributed by atoms with E-state index in [4.69, 9.17) is 11.5 Å². The monoisotopic (exact) mass is 318 g/mol. The van der Waals surface area contributed by atoms with Crippen LogP contribution in [-0.2, 0) is 12.8 Å². The molecule has 0 spiro atoms. The Balaban J connectivity index is 1.80. The van der Waals surface area contributed by atoms with E-state index in [2.05, 4.69) is 9.97 Å². The molecule has 0 atom stereocenters. The van der Waals surface area contributed by atoms with Crippen molar-refractivity contribution in [1.82, 2.24) is 9.97 Å². The number of hydrogen-bond donors (Lipinski definition) is 2. The maximum Gasteiger partial charge on any atom is 0.248 e. The molecule has 0 radical (unpaired) electrons. The SMILES string of the molecule is NC(=O)c1ccccc1CCc1ccnc(-c2ccnc(N)c2)c1. The van der Waals surface area contributed by atoms with Crippen LogP contribution in [0, 0.1) is 0 Å². The van der Waals surface area contributed by atoms with Gasteiger partial charge in [0.2, 0.25) is 5.91 Å². The van der Waals surface area contributed by atoms with Gasteiger partial charge in [-0.25, -0.2) is 4.98 Å². The Morgan fingerprint density at radius 3 is 2.54 bits per heavy atom. The lowest BCUT2D eigenvalue weighted by atomic mass is 9.99. The summed E-state index contributed by atoms with van der Waals surface area (Å²) in [5.41, 5.74) is 15.6. The lowest BCUT2D eigenvalue weighted by Crippen LogP contribution is -2.13. The Hall–Kier alpha value is -3.21. The maximum absolute atomic E-state index is 11.5. The van der Waals surface area contributed by atoms with Crippen molar-refractivity contribution < 1.29 is 4.79 Å². The van der Waals surface area contributed by atoms with Gasteiger partial charge in [0.1, 0.15) is 5.82 Å². The summed E-state index contributed by atoms with van der Waals surface area (Å²) >= 11 is 0. The van der Waals surface area contributed by atoms with Crippen LogP contribution in [0.25, 0.3) is 11.3 Å². The highest BCUT2D eigenvalue weighted by Crippen LogP contribution is 2.20. The summed E-state index contributed by atoms with van der Waals surface area (Å²) in [4.78, 5) is 19.9. The van der Waals surface area contributed by atoms with Gasteiger partial charge >= 0.3 is 0 Å². The quantitative estimate of drug-likeness (QED) is 0.756. The van der Waals surface area contributed by atoms with E-state index in [9.17, 15) is 4.79 Å². The van der Waals surface area contributed by atoms with Crippen molar-refractivity contribution in [3.8, 4) is 11.3 Å². The first-order chi connectivity index (χ1) is 11.6. The number of nitrogen functional groups attached to an aromatic ring is 1. The Morgan fingerprint density at radius 1 is 0.958 bits per heavy atom. The largest absolute Gasteiger partial charge is 0.384 e. The number of amides is 1. The minimum atomic E-state index is -0.395. The minimum Gasteiger partial charge on any atom is -0.384 e. The Morgan fingerprint density at radius 2 is 1.75 bits per heavy atom. The van der Waals surface area contributed by atoms with Crippen LogP contribution in [0.4, 0.5) is 5.82 Å². The number of aromatic nitrogens is 2. The third-order valence-corrected chi connectivity index (χ3v) is 3.87. The Kier molecular flexibility index (Phi) is 4.52. The molecule has 0 fully saturated rings. The van der Waals surface area contributed by atoms with Crippen molar-refractivity contribution in [1.29, 1.82) is 0 Å². The number of aryl methyl sites for hydroxylation is 2. The zero-order valence-corrected chi connectivity index (χ0v) is 13.1. The van der Waals surface area contributed by atoms with Crippen molar-refractivity contribution in [3.05, 3.63) is 77.6 Å². The normalized spacial score (nSPS) is 10.5. The molecule has 0 bridgehead atoms. The zero-order valence-electron chi connectivity index (χ0n) is 13.1. The van der Waals surface area contributed by atoms with Crippen LogP contribution < -0.4 is 11.5 Å². The first kappa shape index (κ1) is 15.7. The van der Waals surface area contributed by atoms with Crippen molar-refractivity contribution in [2.24, 2.45) is 5.73 Å². The van der Waals surface area contributed by atoms with Crippen LogP contribution in [-0.4, -0.2) is 15.9 Å². The molecule has 0 unspecified atom stereocenters. The molecule has 120 valence electrons. The molecule has 0 saturated carbocycles. The molecule has 4 N–H and O–H groups in total. The lowest BCUT2D eigenvalue weighted by Gasteiger charge is -2.08. The molecule has 1 aromatic carbocycles. The Labute approximate surface area is 140 Å². The molecule has 2 heterocycles. The van der Waals surface area contributed by atoms with Crippen LogP contribution >= 0.6 is 0 Å². The fourth-order valence-electron chi connectivity index (χ4n) is 2.65. The molecule has 0 aliphatic rings. The van der Waals surface area contributed by atoms with E-state index in [1.807, 2.05) is 36.4 Å². The van der Waals surface area contributed by atoms with E-state index in [-0.39, 0.29) is 0 Å². The van der Waals surface area contributed by atoms with Gasteiger partial charge in [-0.2, -0.15) is 0 Å². The lowest BCUT2D eigenvalue weighted by molar-refractivity contribution is 0.0999. The number of pyridine rings is 2. The first-order valence-electron chi connectivity index (χ1n) is 7.68. The number of primary amides is 1. The molecule has 1 amide bonds. The number of carbonyl (C=O) groups is 1. The smallest absolute Gasteiger partial charge is 0.248 e. The number of nitrogens with zero attached hydrogens (tertiary/aromatic N) is 2. The molecule has 3 aromatic rings. The van der Waals surface area contributed by atoms with Crippen LogP contribution in [0.15, 0.2) is 60.9 Å². The van der Waals surface area contributed by atoms with Crippen LogP contribution in [0.2, 0.25) is 0 Å². The van der Waals surface area contributed by atoms with E-state index in [0.29, 0.717) is 11.4 Å². The molecule has 0 aliphatic carbocycles. The van der Waals surface area contributed by atoms with E-state index in [1.54, 1.807) is 24.5 Å². The highest BCUT2D eigenvalue weighted by atomic mass is 16.1. The highest BCUT2D eigenvalue weighted by Gasteiger charge is 2.08. The zero-order chi connectivity index (χ0) is 16.9. The summed E-state index contributed by atoms with van der Waals surface area (Å²) in [6, 6.07) is 15.1. The molecular formula is C19H18N4O. The van der Waals surface area contributed by atoms with E-state index in [0.717, 1.165) is 35.2 Å². The van der Waals surface area contributed by atoms with Crippen molar-refractivity contribution in [2.75, 3.05) is 5.73 Å². The van der Waals surface area contributed by atoms with Gasteiger partial charge in [-0.3, -0.25) is 9.78 Å². The summed E-state index contributed by atoms with van der Waals surface area (Å²) < 4.78 is 0. The van der Waals surface area contributed by atoms with Crippen molar-refractivity contribution in [2.45, 2.75) is 12.8 Å². The third-order valence-electron chi connectivity index (χ3n) is 3.87. The maximum atomic E-state index is 11.5. The molecule has 2 aromatic heterocycles. The third kappa shape index (κ3) is 3.57. The molecule has 3 rings (SSSR count). The second kappa shape index (κ2) is 6.91. The van der Waals surface area contributed by atoms with Crippen LogP contribution in [0.1, 0.15) is 21.5 Å². The summed E-state index contributed by atoms with van der Waals surface area (Å²) in [7, 11) is 0. The first-order valence-corrected chi connectivity index (χ1v) is 7.68. The number of nitrogens with two attached hydrogens (primary N) is 2. The average molecular weight is 318 g/mol. The number of anilines is 1. The highest BCUT2D eigenvalue weighted by molar-refractivity contribution is 5.94. The predicted molar refractivity (Wildman–Crippen MR) is 94.2 cm³/mol. The molecule has 0 aliphatic heterocycles. The van der Waals surface area contributed by atoms with Gasteiger partial charge in [0.15, 0.2) is 0 Å². The van der Waals surface area contributed by atoms with Gasteiger partial charge in [-0.05, 0) is 54.3 Å². The summed E-state index contributed by atoms with van der Waals surface area (Å²) in [5, 5.41) is 0. The predicted octanol–water partition coefficient (Wildman–Crippen LogP) is 2.61. The second-order valence-corrected chi connectivity index (χ2v) is 5.54. The summed E-state index contributed by atoms with van der Waals surface area (Å²) in [5.74, 6) is 0.0726. The number of hydrogen-bond acceptors (Lipinski definition) is 4. The minimum absolute atomic E-state index is 0.395. The van der Waals surface area contributed by atoms with Gasteiger partial charge in [0.25, 0.3) is 0 Å². The summed E-state index contributed by atoms with van der Waals surface area (Å²) in [6.07, 6.45) is 4.98. The second-order valence-electron chi connectivity index (χ2n) is 5.54. The molecule has 0 saturated heterocycles. The standard InChI is InChI=1S/C19H18N4O/c20-18-12-15(8-10-23-18)17-11-13(7-9-22-17)5-6-14-3-1-2-4-16(14)19(21)24/h1-4,7-12H,5-6H2,(H2,20,23)(H2,21,24). The van der Waals surface area contributed by atoms with Gasteiger partial charge in [0, 0.05) is 23.5 Å². The fraction of sp³-hybridized carbons (Fsp3) is 0.105. The van der Waals surface area contributed by atoms with Gasteiger partial charge < -0.3 is 11.5 Å². The molecule has 24 heavy (non-hydrogen) atoms.